The van der Waals surface area contributed by atoms with Gasteiger partial charge in [0.1, 0.15) is 5.75 Å². The summed E-state index contributed by atoms with van der Waals surface area (Å²) >= 11 is 0. The Kier molecular flexibility index (Phi) is 3.60. The number of rotatable bonds is 3. The molecule has 0 amide bonds. The van der Waals surface area contributed by atoms with Crippen LogP contribution in [0, 0.1) is 13.8 Å². The van der Waals surface area contributed by atoms with Gasteiger partial charge in [-0.3, -0.25) is 0 Å². The zero-order valence-electron chi connectivity index (χ0n) is 11.5. The smallest absolute Gasteiger partial charge is 0.340 e. The lowest BCUT2D eigenvalue weighted by Crippen LogP contribution is -2.03. The van der Waals surface area contributed by atoms with Crippen molar-refractivity contribution in [2.24, 2.45) is 0 Å². The van der Waals surface area contributed by atoms with Gasteiger partial charge in [0.15, 0.2) is 0 Å². The Balaban J connectivity index is 2.63. The molecule has 2 aromatic rings. The van der Waals surface area contributed by atoms with Gasteiger partial charge in [0.25, 0.3) is 0 Å². The van der Waals surface area contributed by atoms with Gasteiger partial charge in [-0.1, -0.05) is 12.1 Å². The van der Waals surface area contributed by atoms with Gasteiger partial charge in [0, 0.05) is 17.0 Å². The largest absolute Gasteiger partial charge is 0.497 e. The maximum absolute atomic E-state index is 11.9. The molecule has 0 spiro atoms. The molecular weight excluding hydrogens is 242 g/mol. The minimum atomic E-state index is -0.334. The lowest BCUT2D eigenvalue weighted by atomic mass is 10.0. The highest BCUT2D eigenvalue weighted by atomic mass is 16.5. The van der Waals surface area contributed by atoms with Crippen LogP contribution in [0.2, 0.25) is 0 Å². The molecule has 0 saturated heterocycles. The summed E-state index contributed by atoms with van der Waals surface area (Å²) in [7, 11) is 3.01. The number of H-pyrrole nitrogens is 1. The SMILES string of the molecule is COC(=O)c1c(C)[nH]c(C)c1-c1cccc(OC)c1. The maximum atomic E-state index is 11.9. The molecule has 1 heterocycles. The van der Waals surface area contributed by atoms with Gasteiger partial charge >= 0.3 is 5.97 Å². The zero-order chi connectivity index (χ0) is 14.0. The summed E-state index contributed by atoms with van der Waals surface area (Å²) in [5, 5.41) is 0. The molecule has 4 nitrogen and oxygen atoms in total. The number of carbonyl (C=O) groups excluding carboxylic acids is 1. The lowest BCUT2D eigenvalue weighted by Gasteiger charge is -2.07. The Morgan fingerprint density at radius 1 is 1.16 bits per heavy atom. The number of esters is 1. The van der Waals surface area contributed by atoms with Crippen LogP contribution in [0.5, 0.6) is 5.75 Å². The first-order chi connectivity index (χ1) is 9.08. The maximum Gasteiger partial charge on any atom is 0.340 e. The minimum absolute atomic E-state index is 0.334. The highest BCUT2D eigenvalue weighted by molar-refractivity contribution is 5.99. The molecule has 4 heteroatoms. The molecule has 0 unspecified atom stereocenters. The first-order valence-corrected chi connectivity index (χ1v) is 6.00. The second-order valence-corrected chi connectivity index (χ2v) is 4.35. The molecule has 0 aliphatic heterocycles. The summed E-state index contributed by atoms with van der Waals surface area (Å²) in [4.78, 5) is 15.1. The third-order valence-corrected chi connectivity index (χ3v) is 3.12. The van der Waals surface area contributed by atoms with Crippen LogP contribution in [0.25, 0.3) is 11.1 Å². The van der Waals surface area contributed by atoms with Crippen molar-refractivity contribution in [1.29, 1.82) is 0 Å². The predicted octanol–water partition coefficient (Wildman–Crippen LogP) is 3.09. The van der Waals surface area contributed by atoms with Crippen molar-refractivity contribution >= 4 is 5.97 Å². The van der Waals surface area contributed by atoms with E-state index in [0.717, 1.165) is 28.3 Å². The third-order valence-electron chi connectivity index (χ3n) is 3.12. The normalized spacial score (nSPS) is 10.3. The fourth-order valence-corrected chi connectivity index (χ4v) is 2.28. The fraction of sp³-hybridized carbons (Fsp3) is 0.267. The zero-order valence-corrected chi connectivity index (χ0v) is 11.5. The lowest BCUT2D eigenvalue weighted by molar-refractivity contribution is 0.0601. The van der Waals surface area contributed by atoms with Crippen molar-refractivity contribution in [3.8, 4) is 16.9 Å². The number of benzene rings is 1. The van der Waals surface area contributed by atoms with E-state index in [1.54, 1.807) is 7.11 Å². The Morgan fingerprint density at radius 2 is 1.89 bits per heavy atom. The average molecular weight is 259 g/mol. The number of methoxy groups -OCH3 is 2. The van der Waals surface area contributed by atoms with Gasteiger partial charge in [0.05, 0.1) is 19.8 Å². The summed E-state index contributed by atoms with van der Waals surface area (Å²) in [6.45, 7) is 3.80. The molecule has 0 atom stereocenters. The van der Waals surface area contributed by atoms with Crippen LogP contribution in [-0.4, -0.2) is 25.2 Å². The first kappa shape index (κ1) is 13.2. The van der Waals surface area contributed by atoms with Gasteiger partial charge in [0.2, 0.25) is 0 Å². The molecular formula is C15H17NO3. The van der Waals surface area contributed by atoms with E-state index >= 15 is 0 Å². The molecule has 1 aromatic carbocycles. The van der Waals surface area contributed by atoms with E-state index in [-0.39, 0.29) is 5.97 Å². The summed E-state index contributed by atoms with van der Waals surface area (Å²) in [6, 6.07) is 7.62. The number of aryl methyl sites for hydroxylation is 2. The number of aromatic amines is 1. The van der Waals surface area contributed by atoms with Crippen LogP contribution >= 0.6 is 0 Å². The van der Waals surface area contributed by atoms with Gasteiger partial charge < -0.3 is 14.5 Å². The van der Waals surface area contributed by atoms with E-state index in [0.29, 0.717) is 5.56 Å². The van der Waals surface area contributed by atoms with Crippen LogP contribution in [0.3, 0.4) is 0 Å². The van der Waals surface area contributed by atoms with Crippen LogP contribution in [0.1, 0.15) is 21.7 Å². The van der Waals surface area contributed by atoms with E-state index in [1.807, 2.05) is 38.1 Å². The monoisotopic (exact) mass is 259 g/mol. The van der Waals surface area contributed by atoms with Crippen LogP contribution in [0.4, 0.5) is 0 Å². The van der Waals surface area contributed by atoms with Gasteiger partial charge in [-0.2, -0.15) is 0 Å². The molecule has 19 heavy (non-hydrogen) atoms. The van der Waals surface area contributed by atoms with Crippen LogP contribution < -0.4 is 4.74 Å². The molecule has 2 rings (SSSR count). The predicted molar refractivity (Wildman–Crippen MR) is 73.6 cm³/mol. The molecule has 1 aromatic heterocycles. The molecule has 100 valence electrons. The molecule has 0 fully saturated rings. The van der Waals surface area contributed by atoms with E-state index in [1.165, 1.54) is 7.11 Å². The van der Waals surface area contributed by atoms with Gasteiger partial charge in [-0.15, -0.1) is 0 Å². The van der Waals surface area contributed by atoms with Crippen molar-refractivity contribution in [2.45, 2.75) is 13.8 Å². The topological polar surface area (TPSA) is 51.3 Å². The summed E-state index contributed by atoms with van der Waals surface area (Å²) in [6.07, 6.45) is 0. The number of hydrogen-bond acceptors (Lipinski definition) is 3. The quantitative estimate of drug-likeness (QED) is 0.862. The van der Waals surface area contributed by atoms with Crippen LogP contribution in [0.15, 0.2) is 24.3 Å². The average Bonchev–Trinajstić information content (AvgIpc) is 2.72. The third kappa shape index (κ3) is 2.34. The number of ether oxygens (including phenoxy) is 2. The molecule has 0 aliphatic carbocycles. The molecule has 0 bridgehead atoms. The van der Waals surface area contributed by atoms with Crippen molar-refractivity contribution in [3.05, 3.63) is 41.2 Å². The Hall–Kier alpha value is -2.23. The molecule has 1 N–H and O–H groups in total. The molecule has 0 radical (unpaired) electrons. The van der Waals surface area contributed by atoms with Crippen molar-refractivity contribution in [2.75, 3.05) is 14.2 Å². The van der Waals surface area contributed by atoms with Crippen molar-refractivity contribution in [1.82, 2.24) is 4.98 Å². The van der Waals surface area contributed by atoms with E-state index in [2.05, 4.69) is 4.98 Å². The number of nitrogens with one attached hydrogen (secondary N) is 1. The standard InChI is InChI=1S/C15H17NO3/c1-9-13(11-6-5-7-12(8-11)18-3)14(10(2)16-9)15(17)19-4/h5-8,16H,1-4H3. The van der Waals surface area contributed by atoms with Crippen LogP contribution in [-0.2, 0) is 4.74 Å². The minimum Gasteiger partial charge on any atom is -0.497 e. The highest BCUT2D eigenvalue weighted by Crippen LogP contribution is 2.32. The number of hydrogen-bond donors (Lipinski definition) is 1. The number of aromatic nitrogens is 1. The summed E-state index contributed by atoms with van der Waals surface area (Å²) in [5.74, 6) is 0.422. The summed E-state index contributed by atoms with van der Waals surface area (Å²) < 4.78 is 10.1. The Labute approximate surface area is 112 Å². The number of carbonyl (C=O) groups is 1. The van der Waals surface area contributed by atoms with Gasteiger partial charge in [-0.25, -0.2) is 4.79 Å². The molecule has 0 saturated carbocycles. The van der Waals surface area contributed by atoms with Crippen molar-refractivity contribution < 1.29 is 14.3 Å². The van der Waals surface area contributed by atoms with Gasteiger partial charge in [-0.05, 0) is 31.5 Å². The Bertz CT molecular complexity index is 614. The van der Waals surface area contributed by atoms with E-state index < -0.39 is 0 Å². The second kappa shape index (κ2) is 5.18. The summed E-state index contributed by atoms with van der Waals surface area (Å²) in [5.41, 5.74) is 4.12. The van der Waals surface area contributed by atoms with E-state index in [4.69, 9.17) is 9.47 Å². The highest BCUT2D eigenvalue weighted by Gasteiger charge is 2.21. The fourth-order valence-electron chi connectivity index (χ4n) is 2.28. The Morgan fingerprint density at radius 3 is 2.53 bits per heavy atom. The molecule has 0 aliphatic rings. The van der Waals surface area contributed by atoms with Crippen molar-refractivity contribution in [3.63, 3.8) is 0 Å². The second-order valence-electron chi connectivity index (χ2n) is 4.35. The first-order valence-electron chi connectivity index (χ1n) is 6.00. The van der Waals surface area contributed by atoms with E-state index in [9.17, 15) is 4.79 Å².